The van der Waals surface area contributed by atoms with Gasteiger partial charge in [0.05, 0.1) is 7.11 Å². The lowest BCUT2D eigenvalue weighted by Gasteiger charge is -2.30. The van der Waals surface area contributed by atoms with Gasteiger partial charge in [0, 0.05) is 31.6 Å². The molecule has 0 spiro atoms. The van der Waals surface area contributed by atoms with Crippen LogP contribution in [0.15, 0.2) is 78.9 Å². The number of rotatable bonds is 9. The Kier molecular flexibility index (Phi) is 8.03. The summed E-state index contributed by atoms with van der Waals surface area (Å²) in [6.07, 6.45) is 0.684. The number of ether oxygens (including phenoxy) is 1. The smallest absolute Gasteiger partial charge is 0.254 e. The predicted octanol–water partition coefficient (Wildman–Crippen LogP) is 4.60. The van der Waals surface area contributed by atoms with Crippen molar-refractivity contribution in [3.05, 3.63) is 101 Å². The van der Waals surface area contributed by atoms with Crippen molar-refractivity contribution in [3.8, 4) is 5.75 Å². The van der Waals surface area contributed by atoms with Gasteiger partial charge in [-0.2, -0.15) is 0 Å². The number of carbonyl (C=O) groups excluding carboxylic acids is 2. The molecule has 5 nitrogen and oxygen atoms in total. The summed E-state index contributed by atoms with van der Waals surface area (Å²) in [5, 5.41) is 2.78. The van der Waals surface area contributed by atoms with E-state index in [0.29, 0.717) is 25.1 Å². The van der Waals surface area contributed by atoms with E-state index in [1.807, 2.05) is 83.8 Å². The van der Waals surface area contributed by atoms with E-state index in [9.17, 15) is 9.59 Å². The van der Waals surface area contributed by atoms with Gasteiger partial charge in [0.1, 0.15) is 5.75 Å². The van der Waals surface area contributed by atoms with Crippen molar-refractivity contribution in [3.63, 3.8) is 0 Å². The molecule has 0 radical (unpaired) electrons. The van der Waals surface area contributed by atoms with Crippen LogP contribution in [0.25, 0.3) is 0 Å². The van der Waals surface area contributed by atoms with Gasteiger partial charge in [-0.25, -0.2) is 0 Å². The number of methoxy groups -OCH3 is 1. The number of carbonyl (C=O) groups is 2. The lowest BCUT2D eigenvalue weighted by molar-refractivity contribution is -0.119. The van der Waals surface area contributed by atoms with Gasteiger partial charge in [0.15, 0.2) is 0 Å². The summed E-state index contributed by atoms with van der Waals surface area (Å²) in [5.74, 6) is 0.723. The van der Waals surface area contributed by atoms with E-state index in [4.69, 9.17) is 4.74 Å². The summed E-state index contributed by atoms with van der Waals surface area (Å²) in [6, 6.07) is 25.3. The summed E-state index contributed by atoms with van der Waals surface area (Å²) in [4.78, 5) is 26.6. The van der Waals surface area contributed by atoms with Crippen LogP contribution in [0.5, 0.6) is 5.75 Å². The van der Waals surface area contributed by atoms with Crippen molar-refractivity contribution in [1.82, 2.24) is 10.2 Å². The molecule has 1 N–H and O–H groups in total. The molecule has 3 aromatic rings. The van der Waals surface area contributed by atoms with Crippen molar-refractivity contribution in [2.75, 3.05) is 7.11 Å². The van der Waals surface area contributed by atoms with Crippen molar-refractivity contribution in [2.24, 2.45) is 0 Å². The number of hydrogen-bond donors (Lipinski definition) is 1. The molecule has 0 saturated carbocycles. The first-order chi connectivity index (χ1) is 15.5. The highest BCUT2D eigenvalue weighted by Crippen LogP contribution is 2.23. The Hall–Kier alpha value is -3.60. The standard InChI is InChI=1S/C27H30N2O3/c1-20(17-25-11-7-8-12-26(25)32-3)29(19-23-9-5-4-6-10-23)27(31)24-15-13-22(14-16-24)18-28-21(2)30/h4-16,20H,17-19H2,1-3H3,(H,28,30). The number of benzene rings is 3. The fourth-order valence-electron chi connectivity index (χ4n) is 3.67. The maximum absolute atomic E-state index is 13.5. The third-order valence-electron chi connectivity index (χ3n) is 5.44. The molecule has 1 atom stereocenters. The Morgan fingerprint density at radius 2 is 1.56 bits per heavy atom. The molecule has 5 heteroatoms. The monoisotopic (exact) mass is 430 g/mol. The van der Waals surface area contributed by atoms with Gasteiger partial charge in [-0.15, -0.1) is 0 Å². The highest BCUT2D eigenvalue weighted by atomic mass is 16.5. The molecule has 0 saturated heterocycles. The molecule has 166 valence electrons. The fourth-order valence-corrected chi connectivity index (χ4v) is 3.67. The molecule has 0 aliphatic rings. The zero-order valence-electron chi connectivity index (χ0n) is 18.9. The van der Waals surface area contributed by atoms with Crippen molar-refractivity contribution >= 4 is 11.8 Å². The second-order valence-electron chi connectivity index (χ2n) is 7.89. The zero-order valence-corrected chi connectivity index (χ0v) is 18.9. The molecular weight excluding hydrogens is 400 g/mol. The molecular formula is C27H30N2O3. The lowest BCUT2D eigenvalue weighted by atomic mass is 10.0. The first-order valence-corrected chi connectivity index (χ1v) is 10.8. The van der Waals surface area contributed by atoms with Crippen LogP contribution in [0.3, 0.4) is 0 Å². The number of hydrogen-bond acceptors (Lipinski definition) is 3. The average molecular weight is 431 g/mol. The molecule has 32 heavy (non-hydrogen) atoms. The molecule has 0 bridgehead atoms. The summed E-state index contributed by atoms with van der Waals surface area (Å²) >= 11 is 0. The van der Waals surface area contributed by atoms with E-state index < -0.39 is 0 Å². The van der Waals surface area contributed by atoms with Gasteiger partial charge >= 0.3 is 0 Å². The second-order valence-corrected chi connectivity index (χ2v) is 7.89. The molecule has 1 unspecified atom stereocenters. The van der Waals surface area contributed by atoms with Gasteiger partial charge in [-0.1, -0.05) is 60.7 Å². The number of nitrogens with zero attached hydrogens (tertiary/aromatic N) is 1. The van der Waals surface area contributed by atoms with E-state index in [2.05, 4.69) is 12.2 Å². The molecule has 3 aromatic carbocycles. The van der Waals surface area contributed by atoms with Gasteiger partial charge < -0.3 is 15.0 Å². The summed E-state index contributed by atoms with van der Waals surface area (Å²) in [7, 11) is 1.67. The minimum atomic E-state index is -0.0793. The summed E-state index contributed by atoms with van der Waals surface area (Å²) in [6.45, 7) is 4.52. The number of amides is 2. The molecule has 3 rings (SSSR count). The van der Waals surface area contributed by atoms with E-state index in [1.165, 1.54) is 6.92 Å². The third kappa shape index (κ3) is 6.20. The van der Waals surface area contributed by atoms with E-state index >= 15 is 0 Å². The molecule has 0 heterocycles. The highest BCUT2D eigenvalue weighted by Gasteiger charge is 2.23. The number of nitrogens with one attached hydrogen (secondary N) is 1. The van der Waals surface area contributed by atoms with Crippen LogP contribution < -0.4 is 10.1 Å². The van der Waals surface area contributed by atoms with Gasteiger partial charge in [0.25, 0.3) is 5.91 Å². The van der Waals surface area contributed by atoms with Gasteiger partial charge in [-0.05, 0) is 48.2 Å². The fraction of sp³-hybridized carbons (Fsp3) is 0.259. The SMILES string of the molecule is COc1ccccc1CC(C)N(Cc1ccccc1)C(=O)c1ccc(CNC(C)=O)cc1. The Bertz CT molecular complexity index is 1030. The second kappa shape index (κ2) is 11.1. The zero-order chi connectivity index (χ0) is 22.9. The molecule has 0 fully saturated rings. The Morgan fingerprint density at radius 1 is 0.906 bits per heavy atom. The topological polar surface area (TPSA) is 58.6 Å². The van der Waals surface area contributed by atoms with Crippen molar-refractivity contribution in [2.45, 2.75) is 39.4 Å². The maximum atomic E-state index is 13.5. The lowest BCUT2D eigenvalue weighted by Crippen LogP contribution is -2.39. The van der Waals surface area contributed by atoms with Gasteiger partial charge in [-0.3, -0.25) is 9.59 Å². The first-order valence-electron chi connectivity index (χ1n) is 10.8. The Morgan fingerprint density at radius 3 is 2.22 bits per heavy atom. The molecule has 2 amide bonds. The van der Waals surface area contributed by atoms with Crippen LogP contribution in [0.1, 0.15) is 40.9 Å². The first kappa shape index (κ1) is 23.1. The summed E-state index contributed by atoms with van der Waals surface area (Å²) in [5.41, 5.74) is 3.72. The number of para-hydroxylation sites is 1. The quantitative estimate of drug-likeness (QED) is 0.540. The normalized spacial score (nSPS) is 11.5. The van der Waals surface area contributed by atoms with Crippen LogP contribution in [0.4, 0.5) is 0 Å². The van der Waals surface area contributed by atoms with Crippen molar-refractivity contribution < 1.29 is 14.3 Å². The third-order valence-corrected chi connectivity index (χ3v) is 5.44. The van der Waals surface area contributed by atoms with Crippen molar-refractivity contribution in [1.29, 1.82) is 0 Å². The molecule has 0 aliphatic heterocycles. The van der Waals surface area contributed by atoms with Crippen LogP contribution >= 0.6 is 0 Å². The molecule has 0 aromatic heterocycles. The molecule has 0 aliphatic carbocycles. The minimum absolute atomic E-state index is 0.0256. The van der Waals surface area contributed by atoms with E-state index in [0.717, 1.165) is 22.4 Å². The van der Waals surface area contributed by atoms with E-state index in [-0.39, 0.29) is 17.9 Å². The highest BCUT2D eigenvalue weighted by molar-refractivity contribution is 5.94. The van der Waals surface area contributed by atoms with Crippen LogP contribution in [-0.4, -0.2) is 29.9 Å². The van der Waals surface area contributed by atoms with Crippen LogP contribution in [-0.2, 0) is 24.3 Å². The van der Waals surface area contributed by atoms with Crippen LogP contribution in [0, 0.1) is 0 Å². The van der Waals surface area contributed by atoms with E-state index in [1.54, 1.807) is 7.11 Å². The van der Waals surface area contributed by atoms with Gasteiger partial charge in [0.2, 0.25) is 5.91 Å². The van der Waals surface area contributed by atoms with Crippen LogP contribution in [0.2, 0.25) is 0 Å². The minimum Gasteiger partial charge on any atom is -0.496 e. The predicted molar refractivity (Wildman–Crippen MR) is 126 cm³/mol. The Labute approximate surface area is 190 Å². The summed E-state index contributed by atoms with van der Waals surface area (Å²) < 4.78 is 5.51. The Balaban J connectivity index is 1.83. The maximum Gasteiger partial charge on any atom is 0.254 e. The largest absolute Gasteiger partial charge is 0.496 e. The average Bonchev–Trinajstić information content (AvgIpc) is 2.82.